The highest BCUT2D eigenvalue weighted by atomic mass is 16.5. The molecular weight excluding hydrogens is 242 g/mol. The number of carbonyl (C=O) groups excluding carboxylic acids is 1. The smallest absolute Gasteiger partial charge is 0.219 e. The summed E-state index contributed by atoms with van der Waals surface area (Å²) < 4.78 is 4.89. The number of hydrogen-bond donors (Lipinski definition) is 0. The summed E-state index contributed by atoms with van der Waals surface area (Å²) in [6, 6.07) is 2.90. The summed E-state index contributed by atoms with van der Waals surface area (Å²) in [6.07, 6.45) is 6.35. The second-order valence-electron chi connectivity index (χ2n) is 5.66. The number of rotatable bonds is 5. The molecule has 3 rings (SSSR count). The summed E-state index contributed by atoms with van der Waals surface area (Å²) >= 11 is 0. The molecule has 19 heavy (non-hydrogen) atoms. The Balaban J connectivity index is 1.60. The average Bonchev–Trinajstić information content (AvgIpc) is 2.91. The van der Waals surface area contributed by atoms with Crippen LogP contribution in [-0.4, -0.2) is 46.0 Å². The van der Waals surface area contributed by atoms with Crippen LogP contribution in [0.25, 0.3) is 0 Å². The zero-order valence-corrected chi connectivity index (χ0v) is 11.4. The zero-order valence-electron chi connectivity index (χ0n) is 11.4. The molecule has 1 atom stereocenters. The van der Waals surface area contributed by atoms with Crippen LogP contribution in [0.5, 0.6) is 0 Å². The molecular formula is C14H21N3O2. The van der Waals surface area contributed by atoms with Crippen LogP contribution in [0.2, 0.25) is 0 Å². The quantitative estimate of drug-likeness (QED) is 0.810. The molecule has 2 heterocycles. The Kier molecular flexibility index (Phi) is 3.55. The number of carbonyl (C=O) groups is 1. The number of nitrogens with zero attached hydrogens (tertiary/aromatic N) is 3. The van der Waals surface area contributed by atoms with Crippen LogP contribution in [0, 0.1) is 0 Å². The first-order chi connectivity index (χ1) is 9.24. The zero-order chi connectivity index (χ0) is 13.2. The first-order valence-electron chi connectivity index (χ1n) is 7.14. The normalized spacial score (nSPS) is 23.7. The third-order valence-corrected chi connectivity index (χ3v) is 4.15. The van der Waals surface area contributed by atoms with Gasteiger partial charge in [-0.15, -0.1) is 0 Å². The molecule has 0 aromatic carbocycles. The first kappa shape index (κ1) is 12.7. The van der Waals surface area contributed by atoms with E-state index in [1.54, 1.807) is 13.2 Å². The predicted molar refractivity (Wildman–Crippen MR) is 70.3 cm³/mol. The molecule has 2 aliphatic rings. The Hall–Kier alpha value is -1.36. The highest BCUT2D eigenvalue weighted by Crippen LogP contribution is 2.29. The van der Waals surface area contributed by atoms with Crippen LogP contribution < -0.4 is 0 Å². The van der Waals surface area contributed by atoms with Crippen molar-refractivity contribution in [3.8, 4) is 0 Å². The van der Waals surface area contributed by atoms with Gasteiger partial charge in [-0.05, 0) is 32.2 Å². The number of aromatic nitrogens is 1. The molecule has 1 aromatic heterocycles. The fourth-order valence-corrected chi connectivity index (χ4v) is 2.99. The summed E-state index contributed by atoms with van der Waals surface area (Å²) in [7, 11) is 0. The molecule has 1 amide bonds. The van der Waals surface area contributed by atoms with Crippen molar-refractivity contribution in [1.29, 1.82) is 0 Å². The summed E-state index contributed by atoms with van der Waals surface area (Å²) in [6.45, 7) is 4.48. The van der Waals surface area contributed by atoms with Gasteiger partial charge in [-0.2, -0.15) is 0 Å². The van der Waals surface area contributed by atoms with Crippen LogP contribution in [0.3, 0.4) is 0 Å². The molecule has 104 valence electrons. The van der Waals surface area contributed by atoms with Gasteiger partial charge in [-0.1, -0.05) is 5.16 Å². The Labute approximate surface area is 113 Å². The van der Waals surface area contributed by atoms with Gasteiger partial charge >= 0.3 is 0 Å². The van der Waals surface area contributed by atoms with Gasteiger partial charge in [0.2, 0.25) is 5.91 Å². The minimum atomic E-state index is 0.218. The van der Waals surface area contributed by atoms with Crippen molar-refractivity contribution in [2.45, 2.75) is 51.2 Å². The van der Waals surface area contributed by atoms with E-state index in [4.69, 9.17) is 4.52 Å². The fourth-order valence-electron chi connectivity index (χ4n) is 2.99. The van der Waals surface area contributed by atoms with E-state index in [2.05, 4.69) is 15.0 Å². The standard InChI is InChI=1S/C14H21N3O2/c1-11(18)17(13-4-5-13)10-14-3-2-7-16(14)9-12-6-8-19-15-12/h6,8,13-14H,2-5,7,9-10H2,1H3/t14-/m1/s1. The first-order valence-corrected chi connectivity index (χ1v) is 7.14. The lowest BCUT2D eigenvalue weighted by Gasteiger charge is -2.30. The molecule has 0 unspecified atom stereocenters. The average molecular weight is 263 g/mol. The Bertz CT molecular complexity index is 428. The molecule has 5 nitrogen and oxygen atoms in total. The van der Waals surface area contributed by atoms with Crippen molar-refractivity contribution in [3.63, 3.8) is 0 Å². The predicted octanol–water partition coefficient (Wildman–Crippen LogP) is 1.65. The van der Waals surface area contributed by atoms with Gasteiger partial charge in [0.1, 0.15) is 6.26 Å². The largest absolute Gasteiger partial charge is 0.364 e. The molecule has 2 fully saturated rings. The highest BCUT2D eigenvalue weighted by molar-refractivity contribution is 5.74. The highest BCUT2D eigenvalue weighted by Gasteiger charge is 2.35. The van der Waals surface area contributed by atoms with Gasteiger partial charge in [0.05, 0.1) is 5.69 Å². The summed E-state index contributed by atoms with van der Waals surface area (Å²) in [4.78, 5) is 16.2. The van der Waals surface area contributed by atoms with Gasteiger partial charge in [0.25, 0.3) is 0 Å². The van der Waals surface area contributed by atoms with Gasteiger partial charge in [0.15, 0.2) is 0 Å². The molecule has 1 saturated carbocycles. The third-order valence-electron chi connectivity index (χ3n) is 4.15. The van der Waals surface area contributed by atoms with Crippen molar-refractivity contribution in [1.82, 2.24) is 15.0 Å². The van der Waals surface area contributed by atoms with E-state index >= 15 is 0 Å². The summed E-state index contributed by atoms with van der Waals surface area (Å²) in [5.41, 5.74) is 0.979. The second-order valence-corrected chi connectivity index (χ2v) is 5.66. The van der Waals surface area contributed by atoms with Crippen LogP contribution in [0.1, 0.15) is 38.3 Å². The van der Waals surface area contributed by atoms with E-state index < -0.39 is 0 Å². The molecule has 1 aromatic rings. The Morgan fingerprint density at radius 2 is 2.37 bits per heavy atom. The van der Waals surface area contributed by atoms with E-state index in [1.807, 2.05) is 6.07 Å². The van der Waals surface area contributed by atoms with Crippen molar-refractivity contribution >= 4 is 5.91 Å². The van der Waals surface area contributed by atoms with E-state index in [0.717, 1.165) is 25.3 Å². The minimum absolute atomic E-state index is 0.218. The SMILES string of the molecule is CC(=O)N(C[C@H]1CCCN1Cc1ccon1)C1CC1. The molecule has 1 aliphatic heterocycles. The second kappa shape index (κ2) is 5.33. The molecule has 0 spiro atoms. The molecule has 1 aliphatic carbocycles. The maximum atomic E-state index is 11.7. The van der Waals surface area contributed by atoms with Crippen LogP contribution in [0.4, 0.5) is 0 Å². The molecule has 0 radical (unpaired) electrons. The molecule has 0 bridgehead atoms. The number of amides is 1. The van der Waals surface area contributed by atoms with Gasteiger partial charge < -0.3 is 9.42 Å². The Morgan fingerprint density at radius 1 is 1.53 bits per heavy atom. The minimum Gasteiger partial charge on any atom is -0.364 e. The number of hydrogen-bond acceptors (Lipinski definition) is 4. The van der Waals surface area contributed by atoms with E-state index in [9.17, 15) is 4.79 Å². The number of likely N-dealkylation sites (tertiary alicyclic amines) is 1. The molecule has 1 saturated heterocycles. The van der Waals surface area contributed by atoms with E-state index in [1.165, 1.54) is 25.7 Å². The van der Waals surface area contributed by atoms with Crippen LogP contribution in [-0.2, 0) is 11.3 Å². The maximum absolute atomic E-state index is 11.7. The monoisotopic (exact) mass is 263 g/mol. The maximum Gasteiger partial charge on any atom is 0.219 e. The van der Waals surface area contributed by atoms with Crippen LogP contribution in [0.15, 0.2) is 16.9 Å². The van der Waals surface area contributed by atoms with Crippen molar-refractivity contribution in [2.75, 3.05) is 13.1 Å². The van der Waals surface area contributed by atoms with Crippen LogP contribution >= 0.6 is 0 Å². The summed E-state index contributed by atoms with van der Waals surface area (Å²) in [5.74, 6) is 0.218. The lowest BCUT2D eigenvalue weighted by atomic mass is 10.2. The topological polar surface area (TPSA) is 49.6 Å². The van der Waals surface area contributed by atoms with Crippen molar-refractivity contribution < 1.29 is 9.32 Å². The lowest BCUT2D eigenvalue weighted by Crippen LogP contribution is -2.43. The van der Waals surface area contributed by atoms with Gasteiger partial charge in [0, 0.05) is 38.2 Å². The third kappa shape index (κ3) is 2.97. The molecule has 0 N–H and O–H groups in total. The molecule has 5 heteroatoms. The fraction of sp³-hybridized carbons (Fsp3) is 0.714. The Morgan fingerprint density at radius 3 is 3.00 bits per heavy atom. The van der Waals surface area contributed by atoms with E-state index in [0.29, 0.717) is 12.1 Å². The lowest BCUT2D eigenvalue weighted by molar-refractivity contribution is -0.130. The van der Waals surface area contributed by atoms with Crippen molar-refractivity contribution in [2.24, 2.45) is 0 Å². The van der Waals surface area contributed by atoms with Gasteiger partial charge in [-0.3, -0.25) is 9.69 Å². The van der Waals surface area contributed by atoms with Gasteiger partial charge in [-0.25, -0.2) is 0 Å². The summed E-state index contributed by atoms with van der Waals surface area (Å²) in [5, 5.41) is 3.98. The van der Waals surface area contributed by atoms with E-state index in [-0.39, 0.29) is 5.91 Å². The van der Waals surface area contributed by atoms with Crippen molar-refractivity contribution in [3.05, 3.63) is 18.0 Å².